The number of alkyl halides is 6. The fourth-order valence-corrected chi connectivity index (χ4v) is 5.46. The van der Waals surface area contributed by atoms with Gasteiger partial charge in [-0.15, -0.1) is 0 Å². The number of benzene rings is 1. The number of hydrogen-bond acceptors (Lipinski definition) is 5. The number of aryl methyl sites for hydroxylation is 2. The van der Waals surface area contributed by atoms with Crippen LogP contribution in [0.2, 0.25) is 0 Å². The number of amides is 2. The molecule has 1 fully saturated rings. The van der Waals surface area contributed by atoms with Crippen molar-refractivity contribution in [3.8, 4) is 11.3 Å². The van der Waals surface area contributed by atoms with E-state index in [1.165, 1.54) is 30.4 Å². The van der Waals surface area contributed by atoms with Crippen molar-refractivity contribution >= 4 is 23.1 Å². The molecule has 0 radical (unpaired) electrons. The molecule has 5 rings (SSSR count). The lowest BCUT2D eigenvalue weighted by Crippen LogP contribution is -2.41. The molecule has 0 saturated carbocycles. The number of fused-ring (bicyclic) bond motifs is 1. The highest BCUT2D eigenvalue weighted by Gasteiger charge is 2.41. The fraction of sp³-hybridized carbons (Fsp3) is 0.345. The van der Waals surface area contributed by atoms with Crippen molar-refractivity contribution in [1.82, 2.24) is 24.5 Å². The number of aromatic nitrogens is 4. The van der Waals surface area contributed by atoms with Gasteiger partial charge in [0.2, 0.25) is 0 Å². The zero-order valence-corrected chi connectivity index (χ0v) is 23.4. The number of carbonyl (C=O) groups is 2. The Kier molecular flexibility index (Phi) is 8.07. The second kappa shape index (κ2) is 11.5. The van der Waals surface area contributed by atoms with Crippen LogP contribution in [0.15, 0.2) is 42.7 Å². The van der Waals surface area contributed by atoms with Crippen molar-refractivity contribution in [2.45, 2.75) is 45.5 Å². The van der Waals surface area contributed by atoms with Crippen LogP contribution in [-0.2, 0) is 17.4 Å². The molecule has 1 aliphatic rings. The Morgan fingerprint density at radius 1 is 1.02 bits per heavy atom. The van der Waals surface area contributed by atoms with Gasteiger partial charge in [0, 0.05) is 24.3 Å². The van der Waals surface area contributed by atoms with Gasteiger partial charge in [0.05, 0.1) is 22.5 Å². The number of likely N-dealkylation sites (tertiary alicyclic amines) is 1. The van der Waals surface area contributed by atoms with E-state index < -0.39 is 35.2 Å². The van der Waals surface area contributed by atoms with Crippen LogP contribution in [0, 0.1) is 25.6 Å². The lowest BCUT2D eigenvalue weighted by molar-refractivity contribution is -0.167. The molecule has 1 saturated heterocycles. The summed E-state index contributed by atoms with van der Waals surface area (Å²) in [5.74, 6) is -4.13. The van der Waals surface area contributed by atoms with E-state index in [0.717, 1.165) is 16.5 Å². The lowest BCUT2D eigenvalue weighted by atomic mass is 9.91. The summed E-state index contributed by atoms with van der Waals surface area (Å²) in [4.78, 5) is 34.8. The number of carbonyl (C=O) groups excluding carboxylic acids is 2. The van der Waals surface area contributed by atoms with E-state index in [1.54, 1.807) is 24.0 Å². The molecule has 0 bridgehead atoms. The fourth-order valence-electron chi connectivity index (χ4n) is 5.46. The Bertz CT molecular complexity index is 1730. The van der Waals surface area contributed by atoms with Crippen molar-refractivity contribution in [3.63, 3.8) is 0 Å². The highest BCUT2D eigenvalue weighted by atomic mass is 19.4. The maximum absolute atomic E-state index is 14.1. The molecule has 0 spiro atoms. The highest BCUT2D eigenvalue weighted by molar-refractivity contribution is 5.99. The van der Waals surface area contributed by atoms with E-state index in [4.69, 9.17) is 0 Å². The molecule has 1 aromatic carbocycles. The SMILES string of the molecule is Cc1nc(C)c(-c2cc(C(F)(F)F)c3c(NC(=O)C(F)(F)F)ncnn23)cc1C(=O)N1CCC[C@H](Cc2ccc(F)cc2)C1. The molecule has 4 heterocycles. The largest absolute Gasteiger partial charge is 0.471 e. The van der Waals surface area contributed by atoms with E-state index in [2.05, 4.69) is 15.1 Å². The van der Waals surface area contributed by atoms with Gasteiger partial charge in [-0.1, -0.05) is 12.1 Å². The Morgan fingerprint density at radius 2 is 1.73 bits per heavy atom. The molecule has 1 aliphatic heterocycles. The first kappa shape index (κ1) is 30.9. The third kappa shape index (κ3) is 6.21. The third-order valence-electron chi connectivity index (χ3n) is 7.50. The Labute approximate surface area is 245 Å². The average molecular weight is 623 g/mol. The van der Waals surface area contributed by atoms with Gasteiger partial charge in [0.25, 0.3) is 5.91 Å². The number of nitrogens with one attached hydrogen (secondary N) is 1. The number of rotatable bonds is 5. The molecule has 44 heavy (non-hydrogen) atoms. The van der Waals surface area contributed by atoms with Gasteiger partial charge in [-0.2, -0.15) is 31.4 Å². The van der Waals surface area contributed by atoms with E-state index >= 15 is 0 Å². The molecule has 15 heteroatoms. The van der Waals surface area contributed by atoms with Crippen molar-refractivity contribution in [1.29, 1.82) is 0 Å². The van der Waals surface area contributed by atoms with Crippen molar-refractivity contribution < 1.29 is 40.3 Å². The summed E-state index contributed by atoms with van der Waals surface area (Å²) in [5, 5.41) is 5.22. The third-order valence-corrected chi connectivity index (χ3v) is 7.50. The number of anilines is 1. The van der Waals surface area contributed by atoms with Crippen LogP contribution in [-0.4, -0.2) is 55.6 Å². The molecule has 1 N–H and O–H groups in total. The quantitative estimate of drug-likeness (QED) is 0.269. The Hall–Kier alpha value is -4.56. The maximum atomic E-state index is 14.1. The van der Waals surface area contributed by atoms with Crippen LogP contribution >= 0.6 is 0 Å². The molecular weight excluding hydrogens is 597 g/mol. The smallest absolute Gasteiger partial charge is 0.338 e. The summed E-state index contributed by atoms with van der Waals surface area (Å²) >= 11 is 0. The molecule has 4 aromatic rings. The van der Waals surface area contributed by atoms with Crippen LogP contribution in [0.25, 0.3) is 16.8 Å². The highest BCUT2D eigenvalue weighted by Crippen LogP contribution is 2.40. The molecule has 2 amide bonds. The first-order valence-corrected chi connectivity index (χ1v) is 13.5. The zero-order chi connectivity index (χ0) is 32.0. The van der Waals surface area contributed by atoms with E-state index in [-0.39, 0.29) is 40.2 Å². The number of nitrogens with zero attached hydrogens (tertiary/aromatic N) is 5. The first-order chi connectivity index (χ1) is 20.6. The first-order valence-electron chi connectivity index (χ1n) is 13.5. The standard InChI is InChI=1S/C29H25F7N6O2/c1-15-20(23-12-22(28(31,32)33)24-25(37-14-38-42(23)24)40-27(44)29(34,35)36)11-21(16(2)39-15)26(43)41-9-3-4-18(13-41)10-17-5-7-19(30)8-6-17/h5-8,11-12,14,18H,3-4,9-10,13H2,1-2H3,(H,37,38,40,44)/t18-/m1/s1. The number of halogens is 7. The minimum absolute atomic E-state index is 0.0797. The Morgan fingerprint density at radius 3 is 2.39 bits per heavy atom. The Balaban J connectivity index is 1.52. The zero-order valence-electron chi connectivity index (χ0n) is 23.4. The molecular formula is C29H25F7N6O2. The second-order valence-corrected chi connectivity index (χ2v) is 10.6. The van der Waals surface area contributed by atoms with Crippen molar-refractivity contribution in [3.05, 3.63) is 76.6 Å². The molecule has 0 unspecified atom stereocenters. The molecule has 0 aliphatic carbocycles. The minimum atomic E-state index is -5.38. The predicted molar refractivity (Wildman–Crippen MR) is 144 cm³/mol. The molecule has 3 aromatic heterocycles. The van der Waals surface area contributed by atoms with Gasteiger partial charge in [-0.25, -0.2) is 13.9 Å². The monoisotopic (exact) mass is 622 g/mol. The molecule has 232 valence electrons. The summed E-state index contributed by atoms with van der Waals surface area (Å²) in [6, 6.07) is 8.19. The second-order valence-electron chi connectivity index (χ2n) is 10.6. The van der Waals surface area contributed by atoms with Crippen molar-refractivity contribution in [2.24, 2.45) is 5.92 Å². The summed E-state index contributed by atoms with van der Waals surface area (Å²) < 4.78 is 95.1. The summed E-state index contributed by atoms with van der Waals surface area (Å²) in [6.07, 6.45) is -7.55. The van der Waals surface area contributed by atoms with E-state index in [0.29, 0.717) is 44.0 Å². The van der Waals surface area contributed by atoms with Gasteiger partial charge in [0.15, 0.2) is 5.82 Å². The number of piperidine rings is 1. The summed E-state index contributed by atoms with van der Waals surface area (Å²) in [6.45, 7) is 3.95. The van der Waals surface area contributed by atoms with E-state index in [9.17, 15) is 40.3 Å². The van der Waals surface area contributed by atoms with Crippen LogP contribution < -0.4 is 5.32 Å². The molecule has 8 nitrogen and oxygen atoms in total. The van der Waals surface area contributed by atoms with Gasteiger partial charge in [-0.05, 0) is 68.9 Å². The van der Waals surface area contributed by atoms with Crippen LogP contribution in [0.1, 0.15) is 45.7 Å². The predicted octanol–water partition coefficient (Wildman–Crippen LogP) is 6.16. The van der Waals surface area contributed by atoms with Crippen LogP contribution in [0.3, 0.4) is 0 Å². The summed E-state index contributed by atoms with van der Waals surface area (Å²) in [5.41, 5.74) is -0.801. The maximum Gasteiger partial charge on any atom is 0.471 e. The van der Waals surface area contributed by atoms with Crippen molar-refractivity contribution in [2.75, 3.05) is 18.4 Å². The van der Waals surface area contributed by atoms with E-state index in [1.807, 2.05) is 0 Å². The number of pyridine rings is 1. The number of hydrogen-bond donors (Lipinski definition) is 1. The van der Waals surface area contributed by atoms with Gasteiger partial charge < -0.3 is 10.2 Å². The summed E-state index contributed by atoms with van der Waals surface area (Å²) in [7, 11) is 0. The minimum Gasteiger partial charge on any atom is -0.338 e. The van der Waals surface area contributed by atoms with Crippen LogP contribution in [0.4, 0.5) is 36.6 Å². The topological polar surface area (TPSA) is 92.5 Å². The lowest BCUT2D eigenvalue weighted by Gasteiger charge is -2.33. The average Bonchev–Trinajstić information content (AvgIpc) is 3.35. The van der Waals surface area contributed by atoms with Gasteiger partial charge in [0.1, 0.15) is 17.7 Å². The normalized spacial score (nSPS) is 15.9. The van der Waals surface area contributed by atoms with Crippen LogP contribution in [0.5, 0.6) is 0 Å². The molecule has 1 atom stereocenters. The van der Waals surface area contributed by atoms with Gasteiger partial charge in [-0.3, -0.25) is 14.6 Å². The van der Waals surface area contributed by atoms with Gasteiger partial charge >= 0.3 is 18.3 Å².